The van der Waals surface area contributed by atoms with Gasteiger partial charge in [0, 0.05) is 0 Å². The van der Waals surface area contributed by atoms with Gasteiger partial charge in [0.1, 0.15) is 0 Å². The number of rotatable bonds is 5. The van der Waals surface area contributed by atoms with E-state index in [0.717, 1.165) is 6.92 Å². The van der Waals surface area contributed by atoms with Gasteiger partial charge in [0.15, 0.2) is 0 Å². The summed E-state index contributed by atoms with van der Waals surface area (Å²) in [4.78, 5) is 11.7. The molecule has 0 aromatic heterocycles. The van der Waals surface area contributed by atoms with Crippen LogP contribution in [0, 0.1) is 0 Å². The van der Waals surface area contributed by atoms with Crippen molar-refractivity contribution in [3.05, 3.63) is 48.0 Å². The lowest BCUT2D eigenvalue weighted by Crippen LogP contribution is -2.64. The number of benzene rings is 2. The van der Waals surface area contributed by atoms with Crippen LogP contribution in [-0.2, 0) is 20.9 Å². The molecule has 0 saturated heterocycles. The van der Waals surface area contributed by atoms with E-state index in [1.807, 2.05) is 0 Å². The van der Waals surface area contributed by atoms with Crippen LogP contribution in [0.4, 0.5) is 26.3 Å². The lowest BCUT2D eigenvalue weighted by molar-refractivity contribution is -0.371. The highest BCUT2D eigenvalue weighted by Gasteiger charge is 2.78. The van der Waals surface area contributed by atoms with E-state index in [1.54, 1.807) is 24.3 Å². The van der Waals surface area contributed by atoms with Crippen LogP contribution in [-0.4, -0.2) is 30.5 Å². The molecule has 0 aliphatic heterocycles. The molecule has 26 heavy (non-hydrogen) atoms. The summed E-state index contributed by atoms with van der Waals surface area (Å²) in [6, 6.07) is 10.9. The highest BCUT2D eigenvalue weighted by Crippen LogP contribution is 2.47. The van der Waals surface area contributed by atoms with Gasteiger partial charge in [-0.1, -0.05) is 42.5 Å². The molecule has 0 spiro atoms. The summed E-state index contributed by atoms with van der Waals surface area (Å²) in [5, 5.41) is 1.02. The normalized spacial score (nSPS) is 13.0. The SMILES string of the molecule is CCOC(=O)C(OCc1cccc2ccccc12)(C(F)(F)F)C(F)(F)F. The zero-order valence-electron chi connectivity index (χ0n) is 13.4. The van der Waals surface area contributed by atoms with Gasteiger partial charge in [-0.15, -0.1) is 0 Å². The van der Waals surface area contributed by atoms with E-state index < -0.39 is 37.1 Å². The van der Waals surface area contributed by atoms with Gasteiger partial charge in [0.25, 0.3) is 0 Å². The van der Waals surface area contributed by atoms with Gasteiger partial charge < -0.3 is 9.47 Å². The molecule has 0 saturated carbocycles. The van der Waals surface area contributed by atoms with E-state index in [9.17, 15) is 31.1 Å². The Morgan fingerprint density at radius 3 is 2.08 bits per heavy atom. The van der Waals surface area contributed by atoms with Gasteiger partial charge in [-0.3, -0.25) is 0 Å². The average Bonchev–Trinajstić information content (AvgIpc) is 2.53. The summed E-state index contributed by atoms with van der Waals surface area (Å²) in [5.41, 5.74) is -4.99. The number of esters is 1. The Morgan fingerprint density at radius 1 is 0.923 bits per heavy atom. The number of alkyl halides is 6. The fourth-order valence-electron chi connectivity index (χ4n) is 2.45. The minimum Gasteiger partial charge on any atom is -0.463 e. The molecule has 2 aromatic carbocycles. The molecule has 142 valence electrons. The molecule has 0 N–H and O–H groups in total. The second kappa shape index (κ2) is 7.14. The number of hydrogen-bond donors (Lipinski definition) is 0. The second-order valence-electron chi connectivity index (χ2n) is 5.32. The monoisotopic (exact) mass is 380 g/mol. The first-order chi connectivity index (χ1) is 12.0. The van der Waals surface area contributed by atoms with Crippen molar-refractivity contribution < 1.29 is 40.6 Å². The number of carbonyl (C=O) groups excluding carboxylic acids is 1. The van der Waals surface area contributed by atoms with E-state index in [1.165, 1.54) is 18.2 Å². The molecule has 0 radical (unpaired) electrons. The molecular formula is C17H14F6O3. The Morgan fingerprint density at radius 2 is 1.50 bits per heavy atom. The Hall–Kier alpha value is -2.29. The van der Waals surface area contributed by atoms with Crippen molar-refractivity contribution in [3.63, 3.8) is 0 Å². The van der Waals surface area contributed by atoms with Crippen LogP contribution < -0.4 is 0 Å². The Bertz CT molecular complexity index is 763. The van der Waals surface area contributed by atoms with Crippen molar-refractivity contribution in [3.8, 4) is 0 Å². The van der Waals surface area contributed by atoms with Gasteiger partial charge in [0.05, 0.1) is 13.2 Å². The van der Waals surface area contributed by atoms with E-state index in [-0.39, 0.29) is 5.56 Å². The predicted octanol–water partition coefficient (Wildman–Crippen LogP) is 4.78. The predicted molar refractivity (Wildman–Crippen MR) is 80.2 cm³/mol. The lowest BCUT2D eigenvalue weighted by Gasteiger charge is -2.34. The summed E-state index contributed by atoms with van der Waals surface area (Å²) in [5.74, 6) is -2.54. The molecular weight excluding hydrogens is 366 g/mol. The minimum atomic E-state index is -6.05. The molecule has 9 heteroatoms. The van der Waals surface area contributed by atoms with Gasteiger partial charge in [-0.2, -0.15) is 26.3 Å². The van der Waals surface area contributed by atoms with Crippen molar-refractivity contribution in [2.45, 2.75) is 31.5 Å². The maximum atomic E-state index is 13.3. The average molecular weight is 380 g/mol. The number of fused-ring (bicyclic) bond motifs is 1. The standard InChI is InChI=1S/C17H14F6O3/c1-2-25-14(24)15(16(18,19)20,17(21,22)23)26-10-12-8-5-7-11-6-3-4-9-13(11)12/h3-9H,2,10H2,1H3. The van der Waals surface area contributed by atoms with Crippen molar-refractivity contribution in [1.29, 1.82) is 0 Å². The van der Waals surface area contributed by atoms with Crippen LogP contribution in [0.3, 0.4) is 0 Å². The lowest BCUT2D eigenvalue weighted by atomic mass is 10.0. The van der Waals surface area contributed by atoms with Crippen LogP contribution in [0.1, 0.15) is 12.5 Å². The number of ether oxygens (including phenoxy) is 2. The molecule has 0 aliphatic rings. The van der Waals surface area contributed by atoms with Crippen LogP contribution in [0.2, 0.25) is 0 Å². The zero-order valence-corrected chi connectivity index (χ0v) is 13.4. The fourth-order valence-corrected chi connectivity index (χ4v) is 2.45. The fraction of sp³-hybridized carbons (Fsp3) is 0.353. The topological polar surface area (TPSA) is 35.5 Å². The minimum absolute atomic E-state index is 0.0743. The highest BCUT2D eigenvalue weighted by molar-refractivity contribution is 5.86. The largest absolute Gasteiger partial charge is 0.463 e. The molecule has 0 fully saturated rings. The zero-order chi connectivity index (χ0) is 19.6. The molecule has 2 rings (SSSR count). The van der Waals surface area contributed by atoms with E-state index >= 15 is 0 Å². The number of halogens is 6. The van der Waals surface area contributed by atoms with E-state index in [2.05, 4.69) is 9.47 Å². The van der Waals surface area contributed by atoms with Crippen molar-refractivity contribution in [2.24, 2.45) is 0 Å². The Kier molecular flexibility index (Phi) is 5.50. The summed E-state index contributed by atoms with van der Waals surface area (Å²) >= 11 is 0. The Balaban J connectivity index is 2.48. The van der Waals surface area contributed by atoms with E-state index in [0.29, 0.717) is 10.8 Å². The molecule has 0 heterocycles. The van der Waals surface area contributed by atoms with Crippen molar-refractivity contribution in [2.75, 3.05) is 6.61 Å². The molecule has 0 bridgehead atoms. The third-order valence-electron chi connectivity index (χ3n) is 3.69. The third kappa shape index (κ3) is 3.48. The number of carbonyl (C=O) groups is 1. The van der Waals surface area contributed by atoms with Gasteiger partial charge in [-0.05, 0) is 23.3 Å². The van der Waals surface area contributed by atoms with Gasteiger partial charge in [0.2, 0.25) is 0 Å². The third-order valence-corrected chi connectivity index (χ3v) is 3.69. The second-order valence-corrected chi connectivity index (χ2v) is 5.32. The first-order valence-electron chi connectivity index (χ1n) is 7.46. The van der Waals surface area contributed by atoms with Crippen LogP contribution >= 0.6 is 0 Å². The van der Waals surface area contributed by atoms with Gasteiger partial charge in [-0.25, -0.2) is 4.79 Å². The number of hydrogen-bond acceptors (Lipinski definition) is 3. The molecule has 0 unspecified atom stereocenters. The maximum Gasteiger partial charge on any atom is 0.437 e. The van der Waals surface area contributed by atoms with Gasteiger partial charge >= 0.3 is 23.9 Å². The summed E-state index contributed by atoms with van der Waals surface area (Å²) in [6.45, 7) is -0.649. The smallest absolute Gasteiger partial charge is 0.437 e. The highest BCUT2D eigenvalue weighted by atomic mass is 19.4. The van der Waals surface area contributed by atoms with Crippen LogP contribution in [0.25, 0.3) is 10.8 Å². The molecule has 0 atom stereocenters. The summed E-state index contributed by atoms with van der Waals surface area (Å²) in [7, 11) is 0. The van der Waals surface area contributed by atoms with Crippen LogP contribution in [0.5, 0.6) is 0 Å². The van der Waals surface area contributed by atoms with Crippen molar-refractivity contribution >= 4 is 16.7 Å². The molecule has 3 nitrogen and oxygen atoms in total. The first-order valence-corrected chi connectivity index (χ1v) is 7.46. The van der Waals surface area contributed by atoms with Crippen molar-refractivity contribution in [1.82, 2.24) is 0 Å². The summed E-state index contributed by atoms with van der Waals surface area (Å²) in [6.07, 6.45) is -12.1. The molecule has 0 aliphatic carbocycles. The first kappa shape index (κ1) is 20.0. The Labute approximate surface area is 144 Å². The summed E-state index contributed by atoms with van der Waals surface area (Å²) < 4.78 is 88.2. The van der Waals surface area contributed by atoms with Crippen LogP contribution in [0.15, 0.2) is 42.5 Å². The van der Waals surface area contributed by atoms with E-state index in [4.69, 9.17) is 0 Å². The quantitative estimate of drug-likeness (QED) is 0.553. The molecule has 0 amide bonds. The molecule has 2 aromatic rings. The maximum absolute atomic E-state index is 13.3.